The van der Waals surface area contributed by atoms with Gasteiger partial charge in [-0.2, -0.15) is 4.98 Å². The fourth-order valence-electron chi connectivity index (χ4n) is 2.23. The van der Waals surface area contributed by atoms with E-state index in [1.165, 1.54) is 11.1 Å². The molecule has 0 bridgehead atoms. The molecule has 0 unspecified atom stereocenters. The van der Waals surface area contributed by atoms with E-state index in [4.69, 9.17) is 0 Å². The number of benzene rings is 1. The summed E-state index contributed by atoms with van der Waals surface area (Å²) in [6.45, 7) is 10.2. The predicted octanol–water partition coefficient (Wildman–Crippen LogP) is 4.16. The van der Waals surface area contributed by atoms with Crippen LogP contribution in [0.2, 0.25) is 0 Å². The van der Waals surface area contributed by atoms with Crippen molar-refractivity contribution in [2.75, 3.05) is 17.2 Å². The van der Waals surface area contributed by atoms with Gasteiger partial charge in [-0.05, 0) is 31.7 Å². The fraction of sp³-hybridized carbons (Fsp3) is 0.444. The zero-order valence-corrected chi connectivity index (χ0v) is 14.0. The highest BCUT2D eigenvalue weighted by Gasteiger charge is 2.03. The van der Waals surface area contributed by atoms with Crippen molar-refractivity contribution in [3.05, 3.63) is 47.2 Å². The smallest absolute Gasteiger partial charge is 0.224 e. The third-order valence-corrected chi connectivity index (χ3v) is 3.42. The summed E-state index contributed by atoms with van der Waals surface area (Å²) in [5.74, 6) is 2.24. The van der Waals surface area contributed by atoms with E-state index < -0.39 is 0 Å². The molecule has 0 spiro atoms. The van der Waals surface area contributed by atoms with E-state index in [9.17, 15) is 0 Å². The summed E-state index contributed by atoms with van der Waals surface area (Å²) in [7, 11) is 0. The average Bonchev–Trinajstić information content (AvgIpc) is 2.44. The Hall–Kier alpha value is -2.10. The van der Waals surface area contributed by atoms with Gasteiger partial charge < -0.3 is 10.6 Å². The summed E-state index contributed by atoms with van der Waals surface area (Å²) in [5.41, 5.74) is 3.49. The van der Waals surface area contributed by atoms with E-state index in [0.29, 0.717) is 11.9 Å². The van der Waals surface area contributed by atoms with Crippen LogP contribution in [0.25, 0.3) is 0 Å². The fourth-order valence-corrected chi connectivity index (χ4v) is 2.23. The Morgan fingerprint density at radius 3 is 2.59 bits per heavy atom. The first-order chi connectivity index (χ1) is 10.5. The van der Waals surface area contributed by atoms with Crippen molar-refractivity contribution in [2.45, 2.75) is 40.7 Å². The van der Waals surface area contributed by atoms with Gasteiger partial charge in [0.25, 0.3) is 0 Å². The molecular formula is C18H26N4. The molecule has 0 fully saturated rings. The van der Waals surface area contributed by atoms with Crippen molar-refractivity contribution in [1.82, 2.24) is 9.97 Å². The molecule has 2 N–H and O–H groups in total. The number of aromatic nitrogens is 2. The molecule has 4 nitrogen and oxygen atoms in total. The minimum absolute atomic E-state index is 0.677. The van der Waals surface area contributed by atoms with E-state index in [2.05, 4.69) is 65.6 Å². The van der Waals surface area contributed by atoms with Crippen LogP contribution in [0.1, 0.15) is 37.1 Å². The van der Waals surface area contributed by atoms with Gasteiger partial charge in [-0.3, -0.25) is 0 Å². The lowest BCUT2D eigenvalue weighted by molar-refractivity contribution is 0.606. The Labute approximate surface area is 133 Å². The quantitative estimate of drug-likeness (QED) is 0.805. The van der Waals surface area contributed by atoms with Crippen LogP contribution in [0.15, 0.2) is 30.3 Å². The number of rotatable bonds is 7. The molecule has 2 aromatic rings. The molecule has 0 aliphatic carbocycles. The average molecular weight is 298 g/mol. The molecule has 0 saturated heterocycles. The lowest BCUT2D eigenvalue weighted by Gasteiger charge is -2.11. The molecule has 0 saturated carbocycles. The van der Waals surface area contributed by atoms with Gasteiger partial charge in [-0.1, -0.05) is 43.7 Å². The molecule has 22 heavy (non-hydrogen) atoms. The van der Waals surface area contributed by atoms with Gasteiger partial charge in [0, 0.05) is 24.8 Å². The van der Waals surface area contributed by atoms with Gasteiger partial charge in [0.05, 0.1) is 0 Å². The highest BCUT2D eigenvalue weighted by molar-refractivity contribution is 5.42. The third kappa shape index (κ3) is 5.35. The van der Waals surface area contributed by atoms with Gasteiger partial charge in [0.2, 0.25) is 5.95 Å². The Bertz CT molecular complexity index is 608. The molecule has 118 valence electrons. The van der Waals surface area contributed by atoms with Crippen LogP contribution >= 0.6 is 0 Å². The molecule has 2 rings (SSSR count). The summed E-state index contributed by atoms with van der Waals surface area (Å²) in [6, 6.07) is 10.5. The van der Waals surface area contributed by atoms with Crippen LogP contribution in [-0.2, 0) is 6.54 Å². The summed E-state index contributed by atoms with van der Waals surface area (Å²) in [5, 5.41) is 6.68. The maximum atomic E-state index is 4.53. The normalized spacial score (nSPS) is 10.8. The SMILES string of the molecule is Cc1cccc(CNc2cc(C)nc(NCCC(C)C)n2)c1. The maximum absolute atomic E-state index is 4.53. The second-order valence-electron chi connectivity index (χ2n) is 6.17. The van der Waals surface area contributed by atoms with Gasteiger partial charge in [0.1, 0.15) is 5.82 Å². The summed E-state index contributed by atoms with van der Waals surface area (Å²) >= 11 is 0. The van der Waals surface area contributed by atoms with E-state index in [-0.39, 0.29) is 0 Å². The first-order valence-electron chi connectivity index (χ1n) is 7.92. The highest BCUT2D eigenvalue weighted by Crippen LogP contribution is 2.12. The number of hydrogen-bond donors (Lipinski definition) is 2. The van der Waals surface area contributed by atoms with E-state index in [0.717, 1.165) is 31.0 Å². The first-order valence-corrected chi connectivity index (χ1v) is 7.92. The number of hydrogen-bond acceptors (Lipinski definition) is 4. The summed E-state index contributed by atoms with van der Waals surface area (Å²) in [6.07, 6.45) is 1.11. The molecule has 4 heteroatoms. The summed E-state index contributed by atoms with van der Waals surface area (Å²) < 4.78 is 0. The number of nitrogens with one attached hydrogen (secondary N) is 2. The van der Waals surface area contributed by atoms with Gasteiger partial charge in [-0.25, -0.2) is 4.98 Å². The Morgan fingerprint density at radius 2 is 1.86 bits per heavy atom. The lowest BCUT2D eigenvalue weighted by Crippen LogP contribution is -2.10. The predicted molar refractivity (Wildman–Crippen MR) is 93.2 cm³/mol. The van der Waals surface area contributed by atoms with Crippen LogP contribution in [0.5, 0.6) is 0 Å². The van der Waals surface area contributed by atoms with Crippen molar-refractivity contribution in [1.29, 1.82) is 0 Å². The minimum Gasteiger partial charge on any atom is -0.366 e. The van der Waals surface area contributed by atoms with Crippen molar-refractivity contribution in [3.8, 4) is 0 Å². The third-order valence-electron chi connectivity index (χ3n) is 3.42. The van der Waals surface area contributed by atoms with Gasteiger partial charge >= 0.3 is 0 Å². The van der Waals surface area contributed by atoms with E-state index in [1.54, 1.807) is 0 Å². The molecule has 1 aromatic carbocycles. The van der Waals surface area contributed by atoms with Crippen LogP contribution in [0, 0.1) is 19.8 Å². The number of nitrogens with zero attached hydrogens (tertiary/aromatic N) is 2. The zero-order valence-electron chi connectivity index (χ0n) is 14.0. The number of anilines is 2. The number of aryl methyl sites for hydroxylation is 2. The molecule has 0 atom stereocenters. The Morgan fingerprint density at radius 1 is 1.05 bits per heavy atom. The maximum Gasteiger partial charge on any atom is 0.224 e. The molecule has 0 aliphatic heterocycles. The van der Waals surface area contributed by atoms with Gasteiger partial charge in [0.15, 0.2) is 0 Å². The summed E-state index contributed by atoms with van der Waals surface area (Å²) in [4.78, 5) is 8.97. The van der Waals surface area contributed by atoms with Crippen molar-refractivity contribution in [3.63, 3.8) is 0 Å². The van der Waals surface area contributed by atoms with Crippen LogP contribution in [0.3, 0.4) is 0 Å². The van der Waals surface area contributed by atoms with Crippen molar-refractivity contribution < 1.29 is 0 Å². The Kier molecular flexibility index (Phi) is 5.75. The molecule has 0 aliphatic rings. The second kappa shape index (κ2) is 7.78. The van der Waals surface area contributed by atoms with Crippen LogP contribution in [-0.4, -0.2) is 16.5 Å². The molecule has 0 radical (unpaired) electrons. The molecule has 1 aromatic heterocycles. The second-order valence-corrected chi connectivity index (χ2v) is 6.17. The van der Waals surface area contributed by atoms with Crippen molar-refractivity contribution >= 4 is 11.8 Å². The van der Waals surface area contributed by atoms with E-state index in [1.807, 2.05) is 13.0 Å². The highest BCUT2D eigenvalue weighted by atomic mass is 15.1. The molecular weight excluding hydrogens is 272 g/mol. The topological polar surface area (TPSA) is 49.8 Å². The minimum atomic E-state index is 0.677. The molecule has 1 heterocycles. The van der Waals surface area contributed by atoms with Crippen molar-refractivity contribution in [2.24, 2.45) is 5.92 Å². The first kappa shape index (κ1) is 16.3. The lowest BCUT2D eigenvalue weighted by atomic mass is 10.1. The Balaban J connectivity index is 1.97. The largest absolute Gasteiger partial charge is 0.366 e. The zero-order chi connectivity index (χ0) is 15.9. The van der Waals surface area contributed by atoms with Gasteiger partial charge in [-0.15, -0.1) is 0 Å². The molecule has 0 amide bonds. The standard InChI is InChI=1S/C18H26N4/c1-13(2)8-9-19-18-21-15(4)11-17(22-18)20-12-16-7-5-6-14(3)10-16/h5-7,10-11,13H,8-9,12H2,1-4H3,(H2,19,20,21,22). The van der Waals surface area contributed by atoms with E-state index >= 15 is 0 Å². The monoisotopic (exact) mass is 298 g/mol. The van der Waals surface area contributed by atoms with Crippen LogP contribution in [0.4, 0.5) is 11.8 Å². The van der Waals surface area contributed by atoms with Crippen LogP contribution < -0.4 is 10.6 Å².